The summed E-state index contributed by atoms with van der Waals surface area (Å²) < 4.78 is 10.6. The molecule has 0 radical (unpaired) electrons. The molecule has 0 aromatic rings. The highest BCUT2D eigenvalue weighted by Gasteiger charge is 2.52. The van der Waals surface area contributed by atoms with E-state index in [9.17, 15) is 9.59 Å². The molecule has 3 rings (SSSR count). The van der Waals surface area contributed by atoms with Crippen molar-refractivity contribution in [2.75, 3.05) is 13.7 Å². The summed E-state index contributed by atoms with van der Waals surface area (Å²) in [5.74, 6) is -0.578. The molecule has 1 atom stereocenters. The summed E-state index contributed by atoms with van der Waals surface area (Å²) in [5, 5.41) is 3.43. The van der Waals surface area contributed by atoms with Crippen LogP contribution in [0, 0.1) is 5.41 Å². The Kier molecular flexibility index (Phi) is 4.95. The van der Waals surface area contributed by atoms with Crippen molar-refractivity contribution in [2.24, 2.45) is 5.41 Å². The van der Waals surface area contributed by atoms with Crippen molar-refractivity contribution >= 4 is 11.9 Å². The molecule has 1 unspecified atom stereocenters. The second kappa shape index (κ2) is 6.41. The van der Waals surface area contributed by atoms with Crippen LogP contribution in [-0.4, -0.2) is 37.2 Å². The highest BCUT2D eigenvalue weighted by Crippen LogP contribution is 2.52. The van der Waals surface area contributed by atoms with Gasteiger partial charge in [-0.15, -0.1) is 0 Å². The molecular formula is C17H27NO4. The van der Waals surface area contributed by atoms with Crippen molar-refractivity contribution in [1.29, 1.82) is 0 Å². The van der Waals surface area contributed by atoms with Crippen LogP contribution in [0.1, 0.15) is 52.4 Å². The molecule has 124 valence electrons. The van der Waals surface area contributed by atoms with Gasteiger partial charge < -0.3 is 14.8 Å². The molecule has 0 amide bonds. The van der Waals surface area contributed by atoms with Gasteiger partial charge in [0.05, 0.1) is 5.41 Å². The van der Waals surface area contributed by atoms with Crippen LogP contribution in [0.3, 0.4) is 0 Å². The van der Waals surface area contributed by atoms with Gasteiger partial charge in [-0.2, -0.15) is 0 Å². The van der Waals surface area contributed by atoms with E-state index in [4.69, 9.17) is 9.47 Å². The molecule has 0 aliphatic heterocycles. The maximum atomic E-state index is 12.6. The van der Waals surface area contributed by atoms with Gasteiger partial charge in [-0.05, 0) is 59.4 Å². The van der Waals surface area contributed by atoms with Crippen LogP contribution >= 0.6 is 0 Å². The Morgan fingerprint density at radius 3 is 2.18 bits per heavy atom. The Bertz CT molecular complexity index is 447. The van der Waals surface area contributed by atoms with E-state index in [1.807, 2.05) is 7.05 Å². The minimum atomic E-state index is -0.449. The maximum Gasteiger partial charge on any atom is 0.333 e. The number of carbonyl (C=O) groups excluding carboxylic acids is 2. The van der Waals surface area contributed by atoms with E-state index in [1.54, 1.807) is 13.8 Å². The Morgan fingerprint density at radius 2 is 1.73 bits per heavy atom. The molecule has 3 aliphatic rings. The van der Waals surface area contributed by atoms with Crippen molar-refractivity contribution < 1.29 is 19.1 Å². The van der Waals surface area contributed by atoms with Gasteiger partial charge in [0.15, 0.2) is 0 Å². The fourth-order valence-corrected chi connectivity index (χ4v) is 3.52. The zero-order valence-electron chi connectivity index (χ0n) is 13.9. The smallest absolute Gasteiger partial charge is 0.333 e. The molecule has 1 N–H and O–H groups in total. The number of fused-ring (bicyclic) bond motifs is 3. The monoisotopic (exact) mass is 309 g/mol. The van der Waals surface area contributed by atoms with E-state index in [1.165, 1.54) is 0 Å². The zero-order valence-corrected chi connectivity index (χ0v) is 13.9. The summed E-state index contributed by atoms with van der Waals surface area (Å²) >= 11 is 0. The summed E-state index contributed by atoms with van der Waals surface area (Å²) in [7, 11) is 2.01. The van der Waals surface area contributed by atoms with Crippen LogP contribution in [0.25, 0.3) is 0 Å². The first-order valence-corrected chi connectivity index (χ1v) is 8.05. The number of nitrogens with one attached hydrogen (secondary N) is 1. The lowest BCUT2D eigenvalue weighted by Crippen LogP contribution is -2.56. The second-order valence-corrected chi connectivity index (χ2v) is 6.91. The van der Waals surface area contributed by atoms with E-state index < -0.39 is 12.1 Å². The normalized spacial score (nSPS) is 31.4. The van der Waals surface area contributed by atoms with Gasteiger partial charge in [-0.3, -0.25) is 4.79 Å². The molecular weight excluding hydrogens is 282 g/mol. The largest absolute Gasteiger partial charge is 0.459 e. The van der Waals surface area contributed by atoms with E-state index in [0.717, 1.165) is 38.5 Å². The first kappa shape index (κ1) is 17.0. The number of carbonyl (C=O) groups is 2. The molecule has 0 aromatic heterocycles. The molecule has 3 saturated carbocycles. The van der Waals surface area contributed by atoms with Crippen molar-refractivity contribution in [3.63, 3.8) is 0 Å². The third-order valence-corrected chi connectivity index (χ3v) is 5.32. The summed E-state index contributed by atoms with van der Waals surface area (Å²) in [6.07, 6.45) is 5.29. The van der Waals surface area contributed by atoms with Gasteiger partial charge in [-0.1, -0.05) is 6.58 Å². The van der Waals surface area contributed by atoms with Crippen molar-refractivity contribution in [1.82, 2.24) is 5.32 Å². The van der Waals surface area contributed by atoms with E-state index in [2.05, 4.69) is 11.9 Å². The summed E-state index contributed by atoms with van der Waals surface area (Å²) in [4.78, 5) is 23.9. The highest BCUT2D eigenvalue weighted by atomic mass is 16.6. The molecule has 2 bridgehead atoms. The van der Waals surface area contributed by atoms with Gasteiger partial charge in [0, 0.05) is 11.1 Å². The van der Waals surface area contributed by atoms with Crippen LogP contribution in [0.15, 0.2) is 12.2 Å². The molecule has 3 aliphatic carbocycles. The molecule has 0 saturated heterocycles. The molecule has 0 spiro atoms. The Balaban J connectivity index is 1.85. The first-order chi connectivity index (χ1) is 10.3. The Hall–Kier alpha value is -1.36. The summed E-state index contributed by atoms with van der Waals surface area (Å²) in [6, 6.07) is 0. The maximum absolute atomic E-state index is 12.6. The lowest BCUT2D eigenvalue weighted by atomic mass is 9.57. The van der Waals surface area contributed by atoms with E-state index in [-0.39, 0.29) is 23.5 Å². The molecule has 5 nitrogen and oxygen atoms in total. The Labute approximate surface area is 132 Å². The topological polar surface area (TPSA) is 64.6 Å². The fourth-order valence-electron chi connectivity index (χ4n) is 3.52. The number of ether oxygens (including phenoxy) is 2. The number of hydrogen-bond donors (Lipinski definition) is 1. The molecule has 3 fully saturated rings. The lowest BCUT2D eigenvalue weighted by Gasteiger charge is -2.52. The van der Waals surface area contributed by atoms with Crippen molar-refractivity contribution in [2.45, 2.75) is 64.0 Å². The van der Waals surface area contributed by atoms with Gasteiger partial charge in [0.2, 0.25) is 0 Å². The minimum Gasteiger partial charge on any atom is -0.459 e. The van der Waals surface area contributed by atoms with E-state index in [0.29, 0.717) is 5.57 Å². The van der Waals surface area contributed by atoms with Crippen LogP contribution in [-0.2, 0) is 19.1 Å². The lowest BCUT2D eigenvalue weighted by molar-refractivity contribution is -0.172. The SMILES string of the molecule is C=C(C)C(=O)OCC(C)OC(=O)C12CCC(NC)(CC1)CC2. The van der Waals surface area contributed by atoms with Gasteiger partial charge in [-0.25, -0.2) is 4.79 Å². The zero-order chi connectivity index (χ0) is 16.4. The standard InChI is InChI=1S/C17H27NO4/c1-12(2)14(19)21-11-13(3)22-15(20)16-5-8-17(18-4,9-6-16)10-7-16/h13,18H,1,5-11H2,2-4H3. The molecule has 22 heavy (non-hydrogen) atoms. The van der Waals surface area contributed by atoms with E-state index >= 15 is 0 Å². The predicted octanol–water partition coefficient (Wildman–Crippen LogP) is 2.35. The number of rotatable bonds is 6. The minimum absolute atomic E-state index is 0.0773. The third-order valence-electron chi connectivity index (χ3n) is 5.32. The Morgan fingerprint density at radius 1 is 1.18 bits per heavy atom. The highest BCUT2D eigenvalue weighted by molar-refractivity contribution is 5.86. The number of esters is 2. The van der Waals surface area contributed by atoms with Crippen molar-refractivity contribution in [3.8, 4) is 0 Å². The van der Waals surface area contributed by atoms with Crippen LogP contribution in [0.5, 0.6) is 0 Å². The first-order valence-electron chi connectivity index (χ1n) is 8.05. The average molecular weight is 309 g/mol. The quantitative estimate of drug-likeness (QED) is 0.603. The second-order valence-electron chi connectivity index (χ2n) is 6.91. The molecule has 5 heteroatoms. The molecule has 0 aromatic carbocycles. The van der Waals surface area contributed by atoms with Crippen LogP contribution in [0.2, 0.25) is 0 Å². The van der Waals surface area contributed by atoms with Gasteiger partial charge >= 0.3 is 11.9 Å². The van der Waals surface area contributed by atoms with Crippen LogP contribution < -0.4 is 5.32 Å². The average Bonchev–Trinajstić information content (AvgIpc) is 2.54. The fraction of sp³-hybridized carbons (Fsp3) is 0.765. The summed E-state index contributed by atoms with van der Waals surface area (Å²) in [6.45, 7) is 6.95. The summed E-state index contributed by atoms with van der Waals surface area (Å²) in [5.41, 5.74) is 0.246. The third kappa shape index (κ3) is 3.35. The predicted molar refractivity (Wildman–Crippen MR) is 83.3 cm³/mol. The molecule has 0 heterocycles. The van der Waals surface area contributed by atoms with Crippen LogP contribution in [0.4, 0.5) is 0 Å². The van der Waals surface area contributed by atoms with Gasteiger partial charge in [0.1, 0.15) is 12.7 Å². The van der Waals surface area contributed by atoms with Crippen molar-refractivity contribution in [3.05, 3.63) is 12.2 Å². The van der Waals surface area contributed by atoms with Gasteiger partial charge in [0.25, 0.3) is 0 Å². The number of hydrogen-bond acceptors (Lipinski definition) is 5.